The summed E-state index contributed by atoms with van der Waals surface area (Å²) in [7, 11) is 0. The Kier molecular flexibility index (Phi) is 5.78. The molecule has 28 heavy (non-hydrogen) atoms. The highest BCUT2D eigenvalue weighted by Crippen LogP contribution is 2.24. The molecule has 0 radical (unpaired) electrons. The molecule has 1 unspecified atom stereocenters. The molecule has 8 heteroatoms. The van der Waals surface area contributed by atoms with E-state index in [0.717, 1.165) is 43.0 Å². The molecule has 1 aliphatic heterocycles. The summed E-state index contributed by atoms with van der Waals surface area (Å²) in [5.41, 5.74) is 1.94. The van der Waals surface area contributed by atoms with Gasteiger partial charge >= 0.3 is 0 Å². The van der Waals surface area contributed by atoms with Crippen molar-refractivity contribution in [1.29, 1.82) is 0 Å². The molecular weight excluding hydrogens is 359 g/mol. The maximum atomic E-state index is 13.9. The summed E-state index contributed by atoms with van der Waals surface area (Å²) in [6.45, 7) is 5.76. The van der Waals surface area contributed by atoms with Crippen molar-refractivity contribution >= 4 is 11.6 Å². The van der Waals surface area contributed by atoms with Gasteiger partial charge < -0.3 is 10.1 Å². The zero-order valence-corrected chi connectivity index (χ0v) is 16.0. The van der Waals surface area contributed by atoms with Crippen LogP contribution < -0.4 is 5.32 Å². The molecule has 1 atom stereocenters. The van der Waals surface area contributed by atoms with E-state index in [0.29, 0.717) is 25.5 Å². The van der Waals surface area contributed by atoms with Crippen molar-refractivity contribution in [1.82, 2.24) is 24.5 Å². The molecule has 0 aliphatic carbocycles. The molecular formula is C20H25FN6O. The smallest absolute Gasteiger partial charge is 0.254 e. The van der Waals surface area contributed by atoms with Crippen LogP contribution in [0.15, 0.2) is 36.7 Å². The van der Waals surface area contributed by atoms with Gasteiger partial charge in [0.25, 0.3) is 5.78 Å². The SMILES string of the molecule is CCCc1cc(NCC(c2cccc(F)c2)N2CCOCC2)n2ncnc2n1. The minimum atomic E-state index is -0.219. The van der Waals surface area contributed by atoms with E-state index in [1.54, 1.807) is 16.6 Å². The molecule has 2 aromatic heterocycles. The summed E-state index contributed by atoms with van der Waals surface area (Å²) in [4.78, 5) is 11.1. The molecule has 0 spiro atoms. The Morgan fingerprint density at radius 2 is 2.11 bits per heavy atom. The maximum Gasteiger partial charge on any atom is 0.254 e. The van der Waals surface area contributed by atoms with Crippen LogP contribution in [0.4, 0.5) is 10.2 Å². The molecule has 3 aromatic rings. The number of rotatable bonds is 7. The molecule has 3 heterocycles. The van der Waals surface area contributed by atoms with Gasteiger partial charge in [0.05, 0.1) is 19.3 Å². The number of hydrogen-bond donors (Lipinski definition) is 1. The molecule has 1 aromatic carbocycles. The minimum Gasteiger partial charge on any atom is -0.379 e. The van der Waals surface area contributed by atoms with Gasteiger partial charge in [-0.25, -0.2) is 9.37 Å². The van der Waals surface area contributed by atoms with Gasteiger partial charge in [0.1, 0.15) is 18.0 Å². The molecule has 0 saturated carbocycles. The highest BCUT2D eigenvalue weighted by atomic mass is 19.1. The van der Waals surface area contributed by atoms with Crippen LogP contribution in [0, 0.1) is 5.82 Å². The van der Waals surface area contributed by atoms with Gasteiger partial charge in [-0.1, -0.05) is 25.5 Å². The van der Waals surface area contributed by atoms with Crippen LogP contribution >= 0.6 is 0 Å². The third-order valence-electron chi connectivity index (χ3n) is 5.01. The van der Waals surface area contributed by atoms with Crippen molar-refractivity contribution in [2.24, 2.45) is 0 Å². The van der Waals surface area contributed by atoms with E-state index in [2.05, 4.69) is 32.2 Å². The van der Waals surface area contributed by atoms with Crippen molar-refractivity contribution in [3.8, 4) is 0 Å². The number of nitrogens with zero attached hydrogens (tertiary/aromatic N) is 5. The number of morpholine rings is 1. The van der Waals surface area contributed by atoms with Crippen LogP contribution in [0.5, 0.6) is 0 Å². The van der Waals surface area contributed by atoms with E-state index in [1.165, 1.54) is 12.4 Å². The van der Waals surface area contributed by atoms with Crippen molar-refractivity contribution in [3.63, 3.8) is 0 Å². The molecule has 7 nitrogen and oxygen atoms in total. The zero-order valence-electron chi connectivity index (χ0n) is 16.0. The first-order chi connectivity index (χ1) is 13.7. The summed E-state index contributed by atoms with van der Waals surface area (Å²) in [6, 6.07) is 8.88. The van der Waals surface area contributed by atoms with Crippen LogP contribution in [0.25, 0.3) is 5.78 Å². The fourth-order valence-electron chi connectivity index (χ4n) is 3.63. The Morgan fingerprint density at radius 3 is 2.89 bits per heavy atom. The Morgan fingerprint density at radius 1 is 1.25 bits per heavy atom. The van der Waals surface area contributed by atoms with Crippen LogP contribution in [0.2, 0.25) is 0 Å². The lowest BCUT2D eigenvalue weighted by Gasteiger charge is -2.35. The van der Waals surface area contributed by atoms with E-state index in [1.807, 2.05) is 12.1 Å². The van der Waals surface area contributed by atoms with Crippen LogP contribution in [-0.4, -0.2) is 57.3 Å². The molecule has 0 amide bonds. The third-order valence-corrected chi connectivity index (χ3v) is 5.01. The van der Waals surface area contributed by atoms with Gasteiger partial charge in [0.2, 0.25) is 0 Å². The third kappa shape index (κ3) is 4.13. The van der Waals surface area contributed by atoms with Gasteiger partial charge in [-0.3, -0.25) is 4.90 Å². The molecule has 148 valence electrons. The number of benzene rings is 1. The second-order valence-electron chi connectivity index (χ2n) is 6.95. The predicted octanol–water partition coefficient (Wildman–Crippen LogP) is 2.70. The topological polar surface area (TPSA) is 67.6 Å². The molecule has 1 saturated heterocycles. The molecule has 1 N–H and O–H groups in total. The largest absolute Gasteiger partial charge is 0.379 e. The standard InChI is InChI=1S/C20H25FN6O/c1-2-4-17-12-19(27-20(25-17)23-14-24-27)22-13-18(26-7-9-28-10-8-26)15-5-3-6-16(21)11-15/h3,5-6,11-12,14,18,22H,2,4,7-10,13H2,1H3. The van der Waals surface area contributed by atoms with Crippen LogP contribution in [-0.2, 0) is 11.2 Å². The number of fused-ring (bicyclic) bond motifs is 1. The quantitative estimate of drug-likeness (QED) is 0.676. The van der Waals surface area contributed by atoms with Crippen molar-refractivity contribution in [2.45, 2.75) is 25.8 Å². The fraction of sp³-hybridized carbons (Fsp3) is 0.450. The van der Waals surface area contributed by atoms with Crippen molar-refractivity contribution in [3.05, 3.63) is 53.7 Å². The number of halogens is 1. The first-order valence-corrected chi connectivity index (χ1v) is 9.75. The number of aromatic nitrogens is 4. The second kappa shape index (κ2) is 8.62. The van der Waals surface area contributed by atoms with Gasteiger partial charge in [-0.05, 0) is 24.1 Å². The molecule has 1 aliphatic rings. The summed E-state index contributed by atoms with van der Waals surface area (Å²) >= 11 is 0. The first kappa shape index (κ1) is 18.8. The Labute approximate surface area is 163 Å². The van der Waals surface area contributed by atoms with Gasteiger partial charge in [0.15, 0.2) is 0 Å². The van der Waals surface area contributed by atoms with Gasteiger partial charge in [0, 0.05) is 31.4 Å². The fourth-order valence-corrected chi connectivity index (χ4v) is 3.63. The summed E-state index contributed by atoms with van der Waals surface area (Å²) < 4.78 is 21.1. The second-order valence-corrected chi connectivity index (χ2v) is 6.95. The summed E-state index contributed by atoms with van der Waals surface area (Å²) in [5.74, 6) is 1.21. The Balaban J connectivity index is 1.60. The first-order valence-electron chi connectivity index (χ1n) is 9.75. The number of aryl methyl sites for hydroxylation is 1. The highest BCUT2D eigenvalue weighted by Gasteiger charge is 2.23. The molecule has 0 bridgehead atoms. The van der Waals surface area contributed by atoms with E-state index >= 15 is 0 Å². The molecule has 4 rings (SSSR count). The van der Waals surface area contributed by atoms with Gasteiger partial charge in [-0.2, -0.15) is 14.6 Å². The van der Waals surface area contributed by atoms with Crippen molar-refractivity contribution < 1.29 is 9.13 Å². The average Bonchev–Trinajstić information content (AvgIpc) is 3.18. The number of anilines is 1. The normalized spacial score (nSPS) is 16.4. The highest BCUT2D eigenvalue weighted by molar-refractivity contribution is 5.45. The average molecular weight is 384 g/mol. The monoisotopic (exact) mass is 384 g/mol. The number of ether oxygens (including phenoxy) is 1. The van der Waals surface area contributed by atoms with E-state index in [9.17, 15) is 4.39 Å². The number of nitrogens with one attached hydrogen (secondary N) is 1. The lowest BCUT2D eigenvalue weighted by Crippen LogP contribution is -2.41. The lowest BCUT2D eigenvalue weighted by molar-refractivity contribution is 0.0186. The Hall–Kier alpha value is -2.58. The predicted molar refractivity (Wildman–Crippen MR) is 105 cm³/mol. The number of hydrogen-bond acceptors (Lipinski definition) is 6. The minimum absolute atomic E-state index is 0.0287. The molecule has 1 fully saturated rings. The van der Waals surface area contributed by atoms with E-state index < -0.39 is 0 Å². The lowest BCUT2D eigenvalue weighted by atomic mass is 10.0. The maximum absolute atomic E-state index is 13.9. The summed E-state index contributed by atoms with van der Waals surface area (Å²) in [6.07, 6.45) is 3.40. The zero-order chi connectivity index (χ0) is 19.3. The Bertz CT molecular complexity index is 924. The van der Waals surface area contributed by atoms with Crippen LogP contribution in [0.1, 0.15) is 30.6 Å². The van der Waals surface area contributed by atoms with Crippen LogP contribution in [0.3, 0.4) is 0 Å². The van der Waals surface area contributed by atoms with Crippen molar-refractivity contribution in [2.75, 3.05) is 38.2 Å². The van der Waals surface area contributed by atoms with E-state index in [-0.39, 0.29) is 11.9 Å². The summed E-state index contributed by atoms with van der Waals surface area (Å²) in [5, 5.41) is 7.79. The van der Waals surface area contributed by atoms with Gasteiger partial charge in [-0.15, -0.1) is 0 Å². The van der Waals surface area contributed by atoms with E-state index in [4.69, 9.17) is 4.74 Å².